The third-order valence-corrected chi connectivity index (χ3v) is 3.17. The molecule has 0 heterocycles. The van der Waals surface area contributed by atoms with Crippen LogP contribution in [0.3, 0.4) is 0 Å². The van der Waals surface area contributed by atoms with Crippen LogP contribution in [-0.4, -0.2) is 6.04 Å². The van der Waals surface area contributed by atoms with Gasteiger partial charge < -0.3 is 5.73 Å². The van der Waals surface area contributed by atoms with Crippen LogP contribution in [-0.2, 0) is 6.42 Å². The molecule has 0 aliphatic carbocycles. The van der Waals surface area contributed by atoms with Gasteiger partial charge >= 0.3 is 0 Å². The van der Waals surface area contributed by atoms with Crippen molar-refractivity contribution in [2.75, 3.05) is 0 Å². The van der Waals surface area contributed by atoms with E-state index in [1.165, 1.54) is 0 Å². The quantitative estimate of drug-likeness (QED) is 0.896. The van der Waals surface area contributed by atoms with Crippen LogP contribution < -0.4 is 5.73 Å². The molecule has 0 radical (unpaired) electrons. The molecule has 14 heavy (non-hydrogen) atoms. The van der Waals surface area contributed by atoms with Gasteiger partial charge in [-0.05, 0) is 30.0 Å². The van der Waals surface area contributed by atoms with Gasteiger partial charge in [0, 0.05) is 15.5 Å². The first-order valence-electron chi connectivity index (χ1n) is 4.70. The van der Waals surface area contributed by atoms with Crippen molar-refractivity contribution in [2.45, 2.75) is 26.3 Å². The summed E-state index contributed by atoms with van der Waals surface area (Å²) in [5, 5.41) is 0.787. The van der Waals surface area contributed by atoms with Gasteiger partial charge in [0.1, 0.15) is 0 Å². The Balaban J connectivity index is 2.77. The Hall–Kier alpha value is -0.0500. The zero-order chi connectivity index (χ0) is 10.7. The Morgan fingerprint density at radius 2 is 2.07 bits per heavy atom. The minimum Gasteiger partial charge on any atom is -0.327 e. The lowest BCUT2D eigenvalue weighted by Gasteiger charge is -2.16. The topological polar surface area (TPSA) is 26.0 Å². The summed E-state index contributed by atoms with van der Waals surface area (Å²) in [6, 6.07) is 6.10. The van der Waals surface area contributed by atoms with Crippen LogP contribution >= 0.6 is 27.5 Å². The largest absolute Gasteiger partial charge is 0.327 e. The second-order valence-electron chi connectivity index (χ2n) is 3.85. The van der Waals surface area contributed by atoms with E-state index in [9.17, 15) is 0 Å². The minimum absolute atomic E-state index is 0.175. The molecule has 1 atom stereocenters. The van der Waals surface area contributed by atoms with E-state index in [0.29, 0.717) is 5.92 Å². The summed E-state index contributed by atoms with van der Waals surface area (Å²) in [5.41, 5.74) is 7.11. The van der Waals surface area contributed by atoms with Crippen molar-refractivity contribution in [3.05, 3.63) is 33.3 Å². The zero-order valence-electron chi connectivity index (χ0n) is 8.43. The van der Waals surface area contributed by atoms with E-state index in [1.54, 1.807) is 0 Å². The average molecular weight is 277 g/mol. The lowest BCUT2D eigenvalue weighted by atomic mass is 9.97. The summed E-state index contributed by atoms with van der Waals surface area (Å²) >= 11 is 9.47. The van der Waals surface area contributed by atoms with E-state index in [4.69, 9.17) is 17.3 Å². The van der Waals surface area contributed by atoms with Gasteiger partial charge in [0.05, 0.1) is 0 Å². The van der Waals surface area contributed by atoms with Crippen LogP contribution in [0.15, 0.2) is 22.7 Å². The number of hydrogen-bond acceptors (Lipinski definition) is 1. The highest BCUT2D eigenvalue weighted by Gasteiger charge is 2.10. The molecular formula is C11H15BrClN. The monoisotopic (exact) mass is 275 g/mol. The SMILES string of the molecule is CC(C)C(N)Cc1ccc(Br)cc1Cl. The summed E-state index contributed by atoms with van der Waals surface area (Å²) in [4.78, 5) is 0. The summed E-state index contributed by atoms with van der Waals surface area (Å²) in [5.74, 6) is 0.481. The molecular weight excluding hydrogens is 261 g/mol. The van der Waals surface area contributed by atoms with Crippen LogP contribution in [0.25, 0.3) is 0 Å². The van der Waals surface area contributed by atoms with Gasteiger partial charge in [-0.3, -0.25) is 0 Å². The fourth-order valence-corrected chi connectivity index (χ4v) is 1.93. The molecule has 0 aliphatic rings. The molecule has 1 rings (SSSR count). The molecule has 1 nitrogen and oxygen atoms in total. The number of halogens is 2. The average Bonchev–Trinajstić information content (AvgIpc) is 2.09. The number of hydrogen-bond donors (Lipinski definition) is 1. The molecule has 1 unspecified atom stereocenters. The molecule has 1 aromatic carbocycles. The van der Waals surface area contributed by atoms with Gasteiger partial charge in [-0.25, -0.2) is 0 Å². The lowest BCUT2D eigenvalue weighted by Crippen LogP contribution is -2.28. The molecule has 0 amide bonds. The normalized spacial score (nSPS) is 13.3. The van der Waals surface area contributed by atoms with Crippen molar-refractivity contribution in [3.63, 3.8) is 0 Å². The van der Waals surface area contributed by atoms with Gasteiger partial charge in [-0.15, -0.1) is 0 Å². The van der Waals surface area contributed by atoms with Crippen LogP contribution in [0.1, 0.15) is 19.4 Å². The van der Waals surface area contributed by atoms with Crippen molar-refractivity contribution < 1.29 is 0 Å². The van der Waals surface area contributed by atoms with E-state index in [1.807, 2.05) is 18.2 Å². The maximum Gasteiger partial charge on any atom is 0.0449 e. The Morgan fingerprint density at radius 3 is 2.57 bits per heavy atom. The predicted molar refractivity (Wildman–Crippen MR) is 65.7 cm³/mol. The lowest BCUT2D eigenvalue weighted by molar-refractivity contribution is 0.490. The minimum atomic E-state index is 0.175. The maximum atomic E-state index is 6.09. The summed E-state index contributed by atoms with van der Waals surface area (Å²) in [6.45, 7) is 4.24. The fourth-order valence-electron chi connectivity index (χ4n) is 1.18. The van der Waals surface area contributed by atoms with Crippen LogP contribution in [0.5, 0.6) is 0 Å². The van der Waals surface area contributed by atoms with E-state index in [2.05, 4.69) is 29.8 Å². The predicted octanol–water partition coefficient (Wildman–Crippen LogP) is 3.63. The maximum absolute atomic E-state index is 6.09. The number of benzene rings is 1. The molecule has 0 spiro atoms. The summed E-state index contributed by atoms with van der Waals surface area (Å²) in [6.07, 6.45) is 0.837. The van der Waals surface area contributed by atoms with E-state index < -0.39 is 0 Å². The summed E-state index contributed by atoms with van der Waals surface area (Å²) < 4.78 is 1.00. The van der Waals surface area contributed by atoms with E-state index >= 15 is 0 Å². The second kappa shape index (κ2) is 5.15. The molecule has 3 heteroatoms. The highest BCUT2D eigenvalue weighted by atomic mass is 79.9. The Kier molecular flexibility index (Phi) is 4.42. The van der Waals surface area contributed by atoms with Crippen molar-refractivity contribution >= 4 is 27.5 Å². The van der Waals surface area contributed by atoms with E-state index in [0.717, 1.165) is 21.5 Å². The first-order chi connectivity index (χ1) is 6.50. The molecule has 0 bridgehead atoms. The molecule has 78 valence electrons. The van der Waals surface area contributed by atoms with Crippen molar-refractivity contribution in [2.24, 2.45) is 11.7 Å². The van der Waals surface area contributed by atoms with E-state index in [-0.39, 0.29) is 6.04 Å². The molecule has 2 N–H and O–H groups in total. The van der Waals surface area contributed by atoms with Gasteiger partial charge in [0.15, 0.2) is 0 Å². The second-order valence-corrected chi connectivity index (χ2v) is 5.17. The standard InChI is InChI=1S/C11H15BrClN/c1-7(2)11(14)5-8-3-4-9(12)6-10(8)13/h3-4,6-7,11H,5,14H2,1-2H3. The molecule has 0 fully saturated rings. The molecule has 0 saturated carbocycles. The molecule has 0 saturated heterocycles. The van der Waals surface area contributed by atoms with Gasteiger partial charge in [-0.2, -0.15) is 0 Å². The van der Waals surface area contributed by atoms with Crippen molar-refractivity contribution in [3.8, 4) is 0 Å². The first-order valence-corrected chi connectivity index (χ1v) is 5.87. The Labute approximate surface area is 98.8 Å². The number of rotatable bonds is 3. The Morgan fingerprint density at radius 1 is 1.43 bits per heavy atom. The van der Waals surface area contributed by atoms with Gasteiger partial charge in [-0.1, -0.05) is 47.4 Å². The fraction of sp³-hybridized carbons (Fsp3) is 0.455. The summed E-state index contributed by atoms with van der Waals surface area (Å²) in [7, 11) is 0. The molecule has 1 aromatic rings. The van der Waals surface area contributed by atoms with Crippen LogP contribution in [0.4, 0.5) is 0 Å². The van der Waals surface area contributed by atoms with Gasteiger partial charge in [0.25, 0.3) is 0 Å². The third-order valence-electron chi connectivity index (χ3n) is 2.33. The van der Waals surface area contributed by atoms with Crippen LogP contribution in [0, 0.1) is 5.92 Å². The molecule has 0 aliphatic heterocycles. The highest BCUT2D eigenvalue weighted by Crippen LogP contribution is 2.23. The number of nitrogens with two attached hydrogens (primary N) is 1. The zero-order valence-corrected chi connectivity index (χ0v) is 10.8. The van der Waals surface area contributed by atoms with Gasteiger partial charge in [0.2, 0.25) is 0 Å². The first kappa shape index (κ1) is 12.0. The van der Waals surface area contributed by atoms with Crippen LogP contribution in [0.2, 0.25) is 5.02 Å². The van der Waals surface area contributed by atoms with Crippen molar-refractivity contribution in [1.29, 1.82) is 0 Å². The highest BCUT2D eigenvalue weighted by molar-refractivity contribution is 9.10. The van der Waals surface area contributed by atoms with Crippen molar-refractivity contribution in [1.82, 2.24) is 0 Å². The third kappa shape index (κ3) is 3.26. The Bertz CT molecular complexity index is 312. The smallest absolute Gasteiger partial charge is 0.0449 e. The molecule has 0 aromatic heterocycles.